The van der Waals surface area contributed by atoms with Gasteiger partial charge in [-0.3, -0.25) is 0 Å². The normalized spacial score (nSPS) is 11.3. The summed E-state index contributed by atoms with van der Waals surface area (Å²) in [5.74, 6) is -0.0194. The number of rotatable bonds is 10. The number of H-pyrrole nitrogens is 3. The molecule has 3 N–H and O–H groups in total. The van der Waals surface area contributed by atoms with E-state index in [0.717, 1.165) is 155 Å². The van der Waals surface area contributed by atoms with Crippen LogP contribution in [0.2, 0.25) is 0 Å². The van der Waals surface area contributed by atoms with Gasteiger partial charge in [0.15, 0.2) is 0 Å². The predicted octanol–water partition coefficient (Wildman–Crippen LogP) is 15.8. The van der Waals surface area contributed by atoms with Gasteiger partial charge in [0.1, 0.15) is 16.6 Å². The van der Waals surface area contributed by atoms with E-state index in [1.54, 1.807) is 36.4 Å². The average molecular weight is 1640 g/mol. The quantitative estimate of drug-likeness (QED) is 0.0976. The van der Waals surface area contributed by atoms with Gasteiger partial charge in [0, 0.05) is 139 Å². The number of pyridine rings is 6. The second-order valence-electron chi connectivity index (χ2n) is 31.9. The molecule has 0 radical (unpaired) electrons. The van der Waals surface area contributed by atoms with Gasteiger partial charge in [-0.25, -0.2) is 29.9 Å². The Morgan fingerprint density at radius 2 is 0.535 bits per heavy atom. The maximum Gasteiger partial charge on any atom is 1.00 e. The Balaban J connectivity index is 0.000000120. The Bertz CT molecular complexity index is 8530. The van der Waals surface area contributed by atoms with Crippen LogP contribution in [0, 0.1) is 0 Å². The van der Waals surface area contributed by atoms with Crippen LogP contribution in [0.25, 0.3) is 226 Å². The van der Waals surface area contributed by atoms with Gasteiger partial charge >= 0.3 is 56.6 Å². The summed E-state index contributed by atoms with van der Waals surface area (Å²) in [6, 6.07) is 142. The zero-order valence-corrected chi connectivity index (χ0v) is 70.8. The first-order chi connectivity index (χ1) is 62.2. The molecule has 0 bridgehead atoms. The fourth-order valence-corrected chi connectivity index (χ4v) is 18.4. The Morgan fingerprint density at radius 3 is 0.977 bits per heavy atom. The molecule has 0 spiro atoms. The van der Waals surface area contributed by atoms with E-state index in [4.69, 9.17) is 15.0 Å². The molecule has 9 aromatic heterocycles. The first kappa shape index (κ1) is 81.9. The summed E-state index contributed by atoms with van der Waals surface area (Å²) in [7, 11) is 0. The summed E-state index contributed by atoms with van der Waals surface area (Å²) < 4.78 is 7.01. The van der Waals surface area contributed by atoms with Gasteiger partial charge in [-0.15, -0.1) is 0 Å². The molecule has 0 aliphatic rings. The monoisotopic (exact) mass is 1640 g/mol. The van der Waals surface area contributed by atoms with Crippen molar-refractivity contribution in [3.8, 4) is 113 Å². The van der Waals surface area contributed by atoms with Gasteiger partial charge in [-0.1, -0.05) is 266 Å². The van der Waals surface area contributed by atoms with Crippen LogP contribution in [0.5, 0.6) is 17.2 Å². The van der Waals surface area contributed by atoms with Crippen molar-refractivity contribution in [1.29, 1.82) is 0 Å². The number of para-hydroxylation sites is 9. The van der Waals surface area contributed by atoms with Crippen molar-refractivity contribution in [3.05, 3.63) is 425 Å². The van der Waals surface area contributed by atoms with Crippen LogP contribution in [0.1, 0.15) is 0 Å². The Hall–Kier alpha value is -15.4. The Kier molecular flexibility index (Phi) is 21.9. The van der Waals surface area contributed by atoms with Gasteiger partial charge in [-0.05, 0) is 168 Å². The van der Waals surface area contributed by atoms with E-state index in [-0.39, 0.29) is 73.8 Å². The molecular formula is C114H73Li3N9O3+3. The molecule has 129 heavy (non-hydrogen) atoms. The van der Waals surface area contributed by atoms with Crippen LogP contribution < -0.4 is 86.9 Å². The van der Waals surface area contributed by atoms with E-state index in [0.29, 0.717) is 16.7 Å². The number of nitrogens with one attached hydrogen (secondary N) is 3. The van der Waals surface area contributed by atoms with Crippen LogP contribution >= 0.6 is 0 Å². The molecule has 0 saturated heterocycles. The maximum atomic E-state index is 12.7. The summed E-state index contributed by atoms with van der Waals surface area (Å²) in [5, 5.41) is 51.3. The van der Waals surface area contributed by atoms with Crippen LogP contribution in [0.15, 0.2) is 425 Å². The number of aromatic nitrogens is 9. The average Bonchev–Trinajstić information content (AvgIpc) is 1.64. The van der Waals surface area contributed by atoms with Crippen LogP contribution in [0.3, 0.4) is 0 Å². The van der Waals surface area contributed by atoms with Gasteiger partial charge in [0.2, 0.25) is 33.6 Å². The minimum Gasteiger partial charge on any atom is -0.872 e. The van der Waals surface area contributed by atoms with Crippen molar-refractivity contribution in [1.82, 2.24) is 28.7 Å². The number of benzene rings is 16. The van der Waals surface area contributed by atoms with Crippen molar-refractivity contribution in [2.24, 2.45) is 0 Å². The van der Waals surface area contributed by atoms with Crippen molar-refractivity contribution < 1.29 is 86.9 Å². The Labute approximate surface area is 777 Å². The molecule has 0 unspecified atom stereocenters. The number of nitrogens with zero attached hydrogens (tertiary/aromatic N) is 6. The van der Waals surface area contributed by atoms with E-state index < -0.39 is 0 Å². The number of aromatic amines is 3. The molecule has 0 atom stereocenters. The maximum absolute atomic E-state index is 12.7. The summed E-state index contributed by atoms with van der Waals surface area (Å²) in [6.07, 6.45) is 1.93. The fraction of sp³-hybridized carbons (Fsp3) is 0. The third-order valence-electron chi connectivity index (χ3n) is 24.5. The Morgan fingerprint density at radius 1 is 0.209 bits per heavy atom. The van der Waals surface area contributed by atoms with E-state index in [1.807, 2.05) is 79.0 Å². The predicted molar refractivity (Wildman–Crippen MR) is 507 cm³/mol. The topological polar surface area (TPSA) is 165 Å². The van der Waals surface area contributed by atoms with Crippen molar-refractivity contribution in [2.75, 3.05) is 0 Å². The van der Waals surface area contributed by atoms with Crippen molar-refractivity contribution in [3.63, 3.8) is 0 Å². The molecular weight excluding hydrogens is 1560 g/mol. The van der Waals surface area contributed by atoms with Crippen LogP contribution in [-0.2, 0) is 0 Å². The SMILES string of the molecule is [Li+].[Li+].[Li+].[O-]c1ccccc1-c1ccc2ccc3cc(-c4ccc(-n5c6ccccc6c6ccccc65)cc4)cnc3c2[nH+]1.[O-]c1ccccc1-c1ccc2ccc3ccc(-c4cc(-c5ccccc5)cc(-n5c6ccccc6c6ccccc65)c4)nc3c2[nH+]1.[O-]c1ccccc1-c1ccc2ccc3ccc(-c4cccc(-n5c6ccccc6c6ccccc65)c4)nc3c2[nH+]1. The first-order valence-corrected chi connectivity index (χ1v) is 42.1. The van der Waals surface area contributed by atoms with Crippen molar-refractivity contribution >= 4 is 131 Å². The molecule has 25 aromatic rings. The van der Waals surface area contributed by atoms with E-state index in [1.165, 1.54) is 54.4 Å². The number of fused-ring (bicyclic) bond motifs is 18. The van der Waals surface area contributed by atoms with E-state index >= 15 is 0 Å². The van der Waals surface area contributed by atoms with Crippen LogP contribution in [0.4, 0.5) is 0 Å². The third-order valence-corrected chi connectivity index (χ3v) is 24.5. The molecule has 9 heterocycles. The summed E-state index contributed by atoms with van der Waals surface area (Å²) in [4.78, 5) is 25.9. The minimum absolute atomic E-state index is 0. The van der Waals surface area contributed by atoms with Gasteiger partial charge in [-0.2, -0.15) is 0 Å². The van der Waals surface area contributed by atoms with Crippen molar-refractivity contribution in [2.45, 2.75) is 0 Å². The molecule has 15 heteroatoms. The summed E-state index contributed by atoms with van der Waals surface area (Å²) >= 11 is 0. The number of hydrogen-bond acceptors (Lipinski definition) is 6. The minimum atomic E-state index is -0.0118. The molecule has 0 aliphatic heterocycles. The zero-order valence-electron chi connectivity index (χ0n) is 70.8. The molecule has 16 aromatic carbocycles. The summed E-state index contributed by atoms with van der Waals surface area (Å²) in [6.45, 7) is 0. The standard InChI is InChI=1S/C42H27N3O.2C36H23N3O.3Li/c46-40-17-9-6-14-35(40)37-23-21-29-19-18-28-20-22-36(43-41(28)42(29)44-37)31-24-30(27-10-2-1-3-11-27)25-32(26-31)45-38-15-7-4-12-33(38)34-13-5-8-16-39(34)45;40-34-15-6-3-12-29(34)31-21-19-24-17-16-23-18-20-30(37-35(23)36(24)38-31)25-8-7-9-26(22-25)39-32-13-4-1-10-27(32)28-11-2-5-14-33(28)39;40-34-12-6-3-9-30(34)31-20-17-24-13-14-25-21-26(22-37-35(25)36(24)38-31)23-15-18-27(19-16-23)39-32-10-4-1-7-28(32)29-8-2-5-11-33(29)39;;;/h1-26,46H;2*1-22,40H;;;/q;;;3*+1. The smallest absolute Gasteiger partial charge is 0.872 e. The zero-order chi connectivity index (χ0) is 83.9. The van der Waals surface area contributed by atoms with Crippen LogP contribution in [-0.4, -0.2) is 28.7 Å². The van der Waals surface area contributed by atoms with E-state index in [2.05, 4.69) is 338 Å². The van der Waals surface area contributed by atoms with Gasteiger partial charge in [0.25, 0.3) is 0 Å². The molecule has 12 nitrogen and oxygen atoms in total. The van der Waals surface area contributed by atoms with Gasteiger partial charge in [0.05, 0.1) is 44.5 Å². The third kappa shape index (κ3) is 14.8. The van der Waals surface area contributed by atoms with E-state index in [9.17, 15) is 15.3 Å². The fourth-order valence-electron chi connectivity index (χ4n) is 18.4. The largest absolute Gasteiger partial charge is 1.00 e. The first-order valence-electron chi connectivity index (χ1n) is 42.1. The molecule has 592 valence electrons. The number of hydrogen-bond donors (Lipinski definition) is 0. The van der Waals surface area contributed by atoms with Gasteiger partial charge < -0.3 is 29.0 Å². The molecule has 0 saturated carbocycles. The molecule has 0 fully saturated rings. The summed E-state index contributed by atoms with van der Waals surface area (Å²) in [5.41, 5.74) is 28.3. The molecule has 0 aliphatic carbocycles. The second-order valence-corrected chi connectivity index (χ2v) is 31.9. The molecule has 0 amide bonds. The second kappa shape index (κ2) is 34.5. The molecule has 25 rings (SSSR count).